The monoisotopic (exact) mass is 278 g/mol. The standard InChI is InChI=1S/C15H13F3N2/c1-11-5-4-6-12(9-11)10-19-20-14-8-3-2-7-13(14)15(16,17)18/h2-10,20H,1H3/b19-10-. The maximum absolute atomic E-state index is 12.8. The third-order valence-corrected chi connectivity index (χ3v) is 2.67. The smallest absolute Gasteiger partial charge is 0.278 e. The van der Waals surface area contributed by atoms with Crippen molar-refractivity contribution in [3.63, 3.8) is 0 Å². The van der Waals surface area contributed by atoms with E-state index in [1.165, 1.54) is 24.4 Å². The lowest BCUT2D eigenvalue weighted by Crippen LogP contribution is -2.08. The lowest BCUT2D eigenvalue weighted by molar-refractivity contribution is -0.136. The molecule has 1 N–H and O–H groups in total. The highest BCUT2D eigenvalue weighted by molar-refractivity contribution is 5.80. The number of nitrogens with zero attached hydrogens (tertiary/aromatic N) is 1. The fraction of sp³-hybridized carbons (Fsp3) is 0.133. The summed E-state index contributed by atoms with van der Waals surface area (Å²) >= 11 is 0. The first-order valence-corrected chi connectivity index (χ1v) is 5.99. The Morgan fingerprint density at radius 3 is 2.50 bits per heavy atom. The molecule has 2 rings (SSSR count). The Hall–Kier alpha value is -2.30. The molecule has 20 heavy (non-hydrogen) atoms. The highest BCUT2D eigenvalue weighted by Gasteiger charge is 2.33. The van der Waals surface area contributed by atoms with E-state index in [2.05, 4.69) is 10.5 Å². The van der Waals surface area contributed by atoms with Crippen molar-refractivity contribution >= 4 is 11.9 Å². The van der Waals surface area contributed by atoms with Gasteiger partial charge in [0.15, 0.2) is 0 Å². The quantitative estimate of drug-likeness (QED) is 0.650. The van der Waals surface area contributed by atoms with Crippen molar-refractivity contribution in [2.45, 2.75) is 13.1 Å². The van der Waals surface area contributed by atoms with Crippen LogP contribution < -0.4 is 5.43 Å². The molecule has 2 aromatic rings. The molecule has 0 aliphatic heterocycles. The van der Waals surface area contributed by atoms with Gasteiger partial charge in [-0.2, -0.15) is 18.3 Å². The Labute approximate surface area is 114 Å². The van der Waals surface area contributed by atoms with Crippen LogP contribution in [0.1, 0.15) is 16.7 Å². The second-order valence-corrected chi connectivity index (χ2v) is 4.33. The molecule has 0 heterocycles. The van der Waals surface area contributed by atoms with Crippen LogP contribution in [0.15, 0.2) is 53.6 Å². The van der Waals surface area contributed by atoms with Crippen LogP contribution >= 0.6 is 0 Å². The summed E-state index contributed by atoms with van der Waals surface area (Å²) in [4.78, 5) is 0. The Morgan fingerprint density at radius 2 is 1.80 bits per heavy atom. The molecule has 104 valence electrons. The molecule has 0 amide bonds. The van der Waals surface area contributed by atoms with E-state index >= 15 is 0 Å². The Bertz CT molecular complexity index is 619. The minimum absolute atomic E-state index is 0.0658. The Morgan fingerprint density at radius 1 is 1.05 bits per heavy atom. The zero-order valence-electron chi connectivity index (χ0n) is 10.8. The lowest BCUT2D eigenvalue weighted by Gasteiger charge is -2.11. The molecule has 0 unspecified atom stereocenters. The summed E-state index contributed by atoms with van der Waals surface area (Å²) in [6.07, 6.45) is -2.91. The third kappa shape index (κ3) is 3.60. The highest BCUT2D eigenvalue weighted by Crippen LogP contribution is 2.34. The van der Waals surface area contributed by atoms with Crippen molar-refractivity contribution in [1.29, 1.82) is 0 Å². The number of rotatable bonds is 3. The van der Waals surface area contributed by atoms with E-state index in [4.69, 9.17) is 0 Å². The summed E-state index contributed by atoms with van der Waals surface area (Å²) in [5.41, 5.74) is 3.52. The number of hydrogen-bond donors (Lipinski definition) is 1. The fourth-order valence-corrected chi connectivity index (χ4v) is 1.75. The predicted molar refractivity (Wildman–Crippen MR) is 73.8 cm³/mol. The van der Waals surface area contributed by atoms with Crippen LogP contribution in [0.2, 0.25) is 0 Å². The van der Waals surface area contributed by atoms with Gasteiger partial charge in [-0.1, -0.05) is 42.0 Å². The van der Waals surface area contributed by atoms with Gasteiger partial charge in [-0.05, 0) is 24.6 Å². The summed E-state index contributed by atoms with van der Waals surface area (Å²) in [6.45, 7) is 1.93. The second-order valence-electron chi connectivity index (χ2n) is 4.33. The summed E-state index contributed by atoms with van der Waals surface area (Å²) in [7, 11) is 0. The fourth-order valence-electron chi connectivity index (χ4n) is 1.75. The molecule has 0 aliphatic carbocycles. The maximum atomic E-state index is 12.8. The molecular formula is C15H13F3N2. The highest BCUT2D eigenvalue weighted by atomic mass is 19.4. The van der Waals surface area contributed by atoms with Crippen LogP contribution in [-0.2, 0) is 6.18 Å². The maximum Gasteiger partial charge on any atom is 0.418 e. The van der Waals surface area contributed by atoms with Crippen LogP contribution in [0, 0.1) is 6.92 Å². The summed E-state index contributed by atoms with van der Waals surface area (Å²) < 4.78 is 38.3. The number of benzene rings is 2. The molecule has 5 heteroatoms. The summed E-state index contributed by atoms with van der Waals surface area (Å²) in [6, 6.07) is 12.7. The van der Waals surface area contributed by atoms with Crippen molar-refractivity contribution < 1.29 is 13.2 Å². The van der Waals surface area contributed by atoms with Gasteiger partial charge in [-0.25, -0.2) is 0 Å². The molecule has 0 spiro atoms. The number of halogens is 3. The molecule has 0 aromatic heterocycles. The molecule has 0 atom stereocenters. The zero-order valence-corrected chi connectivity index (χ0v) is 10.8. The second kappa shape index (κ2) is 5.77. The van der Waals surface area contributed by atoms with E-state index in [0.29, 0.717) is 0 Å². The van der Waals surface area contributed by atoms with E-state index in [-0.39, 0.29) is 5.69 Å². The number of para-hydroxylation sites is 1. The molecule has 2 nitrogen and oxygen atoms in total. The van der Waals surface area contributed by atoms with Crippen molar-refractivity contribution in [2.24, 2.45) is 5.10 Å². The number of hydrogen-bond acceptors (Lipinski definition) is 2. The van der Waals surface area contributed by atoms with Crippen LogP contribution in [0.3, 0.4) is 0 Å². The van der Waals surface area contributed by atoms with Crippen LogP contribution in [0.25, 0.3) is 0 Å². The van der Waals surface area contributed by atoms with Gasteiger partial charge in [0.1, 0.15) is 0 Å². The first-order valence-electron chi connectivity index (χ1n) is 5.99. The van der Waals surface area contributed by atoms with Crippen LogP contribution in [0.4, 0.5) is 18.9 Å². The van der Waals surface area contributed by atoms with Gasteiger partial charge in [0.05, 0.1) is 17.5 Å². The minimum Gasteiger partial charge on any atom is -0.278 e. The molecule has 0 aliphatic rings. The molecule has 0 bridgehead atoms. The van der Waals surface area contributed by atoms with Crippen molar-refractivity contribution in [3.05, 3.63) is 65.2 Å². The van der Waals surface area contributed by atoms with E-state index in [1.807, 2.05) is 31.2 Å². The number of nitrogens with one attached hydrogen (secondary N) is 1. The van der Waals surface area contributed by atoms with Crippen LogP contribution in [0.5, 0.6) is 0 Å². The molecule has 2 aromatic carbocycles. The third-order valence-electron chi connectivity index (χ3n) is 2.67. The zero-order chi connectivity index (χ0) is 14.6. The number of aryl methyl sites for hydroxylation is 1. The molecule has 0 saturated heterocycles. The number of hydrazone groups is 1. The molecule has 0 fully saturated rings. The van der Waals surface area contributed by atoms with E-state index < -0.39 is 11.7 Å². The molecule has 0 saturated carbocycles. The Kier molecular flexibility index (Phi) is 4.08. The minimum atomic E-state index is -4.40. The number of alkyl halides is 3. The number of anilines is 1. The first-order chi connectivity index (χ1) is 9.47. The van der Waals surface area contributed by atoms with Crippen molar-refractivity contribution in [2.75, 3.05) is 5.43 Å². The largest absolute Gasteiger partial charge is 0.418 e. The SMILES string of the molecule is Cc1cccc(/C=N\Nc2ccccc2C(F)(F)F)c1. The van der Waals surface area contributed by atoms with Gasteiger partial charge < -0.3 is 0 Å². The van der Waals surface area contributed by atoms with Gasteiger partial charge in [-0.3, -0.25) is 5.43 Å². The van der Waals surface area contributed by atoms with Gasteiger partial charge >= 0.3 is 6.18 Å². The van der Waals surface area contributed by atoms with E-state index in [0.717, 1.165) is 17.2 Å². The molecular weight excluding hydrogens is 265 g/mol. The van der Waals surface area contributed by atoms with Gasteiger partial charge in [-0.15, -0.1) is 0 Å². The predicted octanol–water partition coefficient (Wildman–Crippen LogP) is 4.46. The first kappa shape index (κ1) is 14.1. The lowest BCUT2D eigenvalue weighted by atomic mass is 10.1. The van der Waals surface area contributed by atoms with Crippen LogP contribution in [-0.4, -0.2) is 6.21 Å². The normalized spacial score (nSPS) is 11.8. The van der Waals surface area contributed by atoms with Gasteiger partial charge in [0.2, 0.25) is 0 Å². The van der Waals surface area contributed by atoms with Crippen molar-refractivity contribution in [3.8, 4) is 0 Å². The van der Waals surface area contributed by atoms with E-state index in [9.17, 15) is 13.2 Å². The average Bonchev–Trinajstić information content (AvgIpc) is 2.38. The molecule has 0 radical (unpaired) electrons. The van der Waals surface area contributed by atoms with Crippen molar-refractivity contribution in [1.82, 2.24) is 0 Å². The topological polar surface area (TPSA) is 24.4 Å². The summed E-state index contributed by atoms with van der Waals surface area (Å²) in [5.74, 6) is 0. The average molecular weight is 278 g/mol. The van der Waals surface area contributed by atoms with E-state index in [1.54, 1.807) is 0 Å². The summed E-state index contributed by atoms with van der Waals surface area (Å²) in [5, 5.41) is 3.85. The van der Waals surface area contributed by atoms with Gasteiger partial charge in [0, 0.05) is 0 Å². The Balaban J connectivity index is 2.16. The van der Waals surface area contributed by atoms with Gasteiger partial charge in [0.25, 0.3) is 0 Å².